The number of anilines is 2. The zero-order valence-electron chi connectivity index (χ0n) is 13.8. The van der Waals surface area contributed by atoms with Gasteiger partial charge in [0.05, 0.1) is 29.3 Å². The van der Waals surface area contributed by atoms with Gasteiger partial charge in [0.1, 0.15) is 4.90 Å². The van der Waals surface area contributed by atoms with Crippen molar-refractivity contribution in [1.29, 1.82) is 0 Å². The smallest absolute Gasteiger partial charge is 0.265 e. The molecule has 0 unspecified atom stereocenters. The summed E-state index contributed by atoms with van der Waals surface area (Å²) in [6, 6.07) is 9.51. The number of aliphatic hydroxyl groups is 1. The van der Waals surface area contributed by atoms with Crippen LogP contribution in [0.25, 0.3) is 0 Å². The molecular formula is C16H16Br2N2O5S2. The van der Waals surface area contributed by atoms with Gasteiger partial charge in [-0.2, -0.15) is 0 Å². The number of hydrogen-bond donors (Lipinski definition) is 2. The molecule has 146 valence electrons. The van der Waals surface area contributed by atoms with Gasteiger partial charge in [0.15, 0.2) is 9.84 Å². The molecule has 1 aliphatic heterocycles. The van der Waals surface area contributed by atoms with Crippen LogP contribution in [0.2, 0.25) is 0 Å². The van der Waals surface area contributed by atoms with E-state index in [4.69, 9.17) is 5.73 Å². The van der Waals surface area contributed by atoms with Gasteiger partial charge in [0.25, 0.3) is 10.0 Å². The molecule has 3 N–H and O–H groups in total. The van der Waals surface area contributed by atoms with Crippen LogP contribution < -0.4 is 10.0 Å². The molecule has 2 atom stereocenters. The van der Waals surface area contributed by atoms with Crippen LogP contribution in [0.3, 0.4) is 0 Å². The van der Waals surface area contributed by atoms with Gasteiger partial charge in [-0.1, -0.05) is 15.9 Å². The van der Waals surface area contributed by atoms with Gasteiger partial charge in [-0.3, -0.25) is 4.31 Å². The zero-order chi connectivity index (χ0) is 20.0. The average Bonchev–Trinajstić information content (AvgIpc) is 2.84. The molecule has 3 rings (SSSR count). The minimum absolute atomic E-state index is 0.0507. The molecule has 0 radical (unpaired) electrons. The summed E-state index contributed by atoms with van der Waals surface area (Å²) in [7, 11) is -7.76. The maximum Gasteiger partial charge on any atom is 0.265 e. The van der Waals surface area contributed by atoms with Crippen molar-refractivity contribution in [2.24, 2.45) is 0 Å². The highest BCUT2D eigenvalue weighted by molar-refractivity contribution is 9.11. The first-order valence-corrected chi connectivity index (χ1v) is 12.6. The first-order valence-electron chi connectivity index (χ1n) is 7.75. The highest BCUT2D eigenvalue weighted by Crippen LogP contribution is 2.35. The Morgan fingerprint density at radius 1 is 1.07 bits per heavy atom. The number of aliphatic hydroxyl groups excluding tert-OH is 1. The number of sulfonamides is 1. The molecule has 7 nitrogen and oxygen atoms in total. The minimum Gasteiger partial charge on any atom is -0.399 e. The second kappa shape index (κ2) is 7.36. The molecule has 27 heavy (non-hydrogen) atoms. The number of halogens is 2. The van der Waals surface area contributed by atoms with Crippen molar-refractivity contribution in [2.75, 3.05) is 21.5 Å². The van der Waals surface area contributed by atoms with Crippen LogP contribution in [0, 0.1) is 0 Å². The SMILES string of the molecule is Nc1ccc(N([C@H]2CS(=O)(=O)C[C@H]2O)S(=O)(=O)c2cc(Br)ccc2Br)cc1. The van der Waals surface area contributed by atoms with Crippen LogP contribution in [-0.2, 0) is 19.9 Å². The Hall–Kier alpha value is -1.14. The minimum atomic E-state index is -4.20. The van der Waals surface area contributed by atoms with E-state index in [0.29, 0.717) is 14.6 Å². The maximum absolute atomic E-state index is 13.5. The Morgan fingerprint density at radius 3 is 2.26 bits per heavy atom. The zero-order valence-corrected chi connectivity index (χ0v) is 18.6. The van der Waals surface area contributed by atoms with E-state index in [2.05, 4.69) is 31.9 Å². The molecule has 1 saturated heterocycles. The average molecular weight is 540 g/mol. The van der Waals surface area contributed by atoms with Gasteiger partial charge in [-0.05, 0) is 58.4 Å². The molecule has 0 spiro atoms. The van der Waals surface area contributed by atoms with Crippen molar-refractivity contribution < 1.29 is 21.9 Å². The summed E-state index contributed by atoms with van der Waals surface area (Å²) in [6.45, 7) is 0. The lowest BCUT2D eigenvalue weighted by atomic mass is 10.2. The largest absolute Gasteiger partial charge is 0.399 e. The molecule has 0 saturated carbocycles. The number of nitrogen functional groups attached to an aromatic ring is 1. The summed E-state index contributed by atoms with van der Waals surface area (Å²) < 4.78 is 52.8. The molecule has 2 aromatic carbocycles. The van der Waals surface area contributed by atoms with E-state index in [9.17, 15) is 21.9 Å². The van der Waals surface area contributed by atoms with Crippen molar-refractivity contribution in [3.8, 4) is 0 Å². The van der Waals surface area contributed by atoms with Crippen LogP contribution >= 0.6 is 31.9 Å². The van der Waals surface area contributed by atoms with Crippen molar-refractivity contribution in [2.45, 2.75) is 17.0 Å². The van der Waals surface area contributed by atoms with Crippen LogP contribution in [0.15, 0.2) is 56.3 Å². The van der Waals surface area contributed by atoms with Crippen LogP contribution in [0.1, 0.15) is 0 Å². The number of nitrogens with zero attached hydrogens (tertiary/aromatic N) is 1. The van der Waals surface area contributed by atoms with Gasteiger partial charge in [-0.25, -0.2) is 16.8 Å². The molecule has 1 heterocycles. The topological polar surface area (TPSA) is 118 Å². The Bertz CT molecular complexity index is 1070. The van der Waals surface area contributed by atoms with Gasteiger partial charge >= 0.3 is 0 Å². The summed E-state index contributed by atoms with van der Waals surface area (Å²) in [5.41, 5.74) is 6.34. The van der Waals surface area contributed by atoms with Crippen molar-refractivity contribution in [3.63, 3.8) is 0 Å². The molecular weight excluding hydrogens is 524 g/mol. The van der Waals surface area contributed by atoms with Crippen LogP contribution in [0.4, 0.5) is 11.4 Å². The monoisotopic (exact) mass is 538 g/mol. The van der Waals surface area contributed by atoms with E-state index >= 15 is 0 Å². The standard InChI is InChI=1S/C16H16Br2N2O5S2/c17-10-1-6-13(18)16(7-10)27(24,25)20(12-4-2-11(19)3-5-12)14-8-26(22,23)9-15(14)21/h1-7,14-15,21H,8-9,19H2/t14-,15+/m0/s1. The molecule has 0 amide bonds. The van der Waals surface area contributed by atoms with Crippen LogP contribution in [-0.4, -0.2) is 45.6 Å². The predicted molar refractivity (Wildman–Crippen MR) is 111 cm³/mol. The highest BCUT2D eigenvalue weighted by atomic mass is 79.9. The summed E-state index contributed by atoms with van der Waals surface area (Å²) in [5, 5.41) is 10.3. The van der Waals surface area contributed by atoms with E-state index in [1.54, 1.807) is 12.1 Å². The second-order valence-corrected chi connectivity index (χ2v) is 11.9. The summed E-state index contributed by atoms with van der Waals surface area (Å²) in [5.74, 6) is -0.957. The first-order chi connectivity index (χ1) is 12.5. The van der Waals surface area contributed by atoms with Crippen molar-refractivity contribution >= 4 is 63.1 Å². The van der Waals surface area contributed by atoms with Gasteiger partial charge in [0, 0.05) is 14.6 Å². The fourth-order valence-electron chi connectivity index (χ4n) is 2.95. The lowest BCUT2D eigenvalue weighted by Crippen LogP contribution is -2.47. The normalized spacial score (nSPS) is 21.9. The number of rotatable bonds is 4. The third kappa shape index (κ3) is 4.16. The lowest BCUT2D eigenvalue weighted by molar-refractivity contribution is 0.184. The summed E-state index contributed by atoms with van der Waals surface area (Å²) in [4.78, 5) is -0.0507. The quantitative estimate of drug-likeness (QED) is 0.575. The molecule has 1 aliphatic rings. The number of hydrogen-bond acceptors (Lipinski definition) is 6. The third-order valence-corrected chi connectivity index (χ3v) is 9.21. The van der Waals surface area contributed by atoms with E-state index < -0.39 is 43.5 Å². The molecule has 11 heteroatoms. The maximum atomic E-state index is 13.5. The van der Waals surface area contributed by atoms with E-state index in [0.717, 1.165) is 4.31 Å². The van der Waals surface area contributed by atoms with E-state index in [1.165, 1.54) is 30.3 Å². The number of sulfone groups is 1. The van der Waals surface area contributed by atoms with Gasteiger partial charge in [-0.15, -0.1) is 0 Å². The summed E-state index contributed by atoms with van der Waals surface area (Å²) >= 11 is 6.49. The van der Waals surface area contributed by atoms with Crippen molar-refractivity contribution in [3.05, 3.63) is 51.4 Å². The first kappa shape index (κ1) is 20.6. The van der Waals surface area contributed by atoms with Crippen molar-refractivity contribution in [1.82, 2.24) is 0 Å². The molecule has 1 fully saturated rings. The molecule has 0 aromatic heterocycles. The highest BCUT2D eigenvalue weighted by Gasteiger charge is 2.45. The second-order valence-electron chi connectivity index (χ2n) is 6.18. The van der Waals surface area contributed by atoms with E-state index in [1.807, 2.05) is 0 Å². The lowest BCUT2D eigenvalue weighted by Gasteiger charge is -2.31. The summed E-state index contributed by atoms with van der Waals surface area (Å²) in [6.07, 6.45) is -1.34. The molecule has 0 aliphatic carbocycles. The number of nitrogens with two attached hydrogens (primary N) is 1. The Morgan fingerprint density at radius 2 is 1.70 bits per heavy atom. The number of benzene rings is 2. The molecule has 0 bridgehead atoms. The Labute approximate surface area is 174 Å². The third-order valence-electron chi connectivity index (χ3n) is 4.17. The fourth-order valence-corrected chi connectivity index (χ4v) is 7.96. The van der Waals surface area contributed by atoms with Crippen LogP contribution in [0.5, 0.6) is 0 Å². The van der Waals surface area contributed by atoms with Gasteiger partial charge < -0.3 is 10.8 Å². The Balaban J connectivity index is 2.20. The molecule has 2 aromatic rings. The van der Waals surface area contributed by atoms with E-state index in [-0.39, 0.29) is 10.6 Å². The predicted octanol–water partition coefficient (Wildman–Crippen LogP) is 2.15. The Kier molecular flexibility index (Phi) is 5.61. The van der Waals surface area contributed by atoms with Gasteiger partial charge in [0.2, 0.25) is 0 Å². The fraction of sp³-hybridized carbons (Fsp3) is 0.250.